The Morgan fingerprint density at radius 3 is 2.82 bits per heavy atom. The highest BCUT2D eigenvalue weighted by molar-refractivity contribution is 5.75. The number of carbonyl (C=O) groups excluding carboxylic acids is 1. The second-order valence-corrected chi connectivity index (χ2v) is 6.85. The number of nitrogens with one attached hydrogen (secondary N) is 1. The predicted octanol–water partition coefficient (Wildman–Crippen LogP) is 2.25. The highest BCUT2D eigenvalue weighted by atomic mass is 16.3. The monoisotopic (exact) mass is 305 g/mol. The van der Waals surface area contributed by atoms with Gasteiger partial charge in [-0.3, -0.25) is 0 Å². The van der Waals surface area contributed by atoms with Gasteiger partial charge >= 0.3 is 6.03 Å². The summed E-state index contributed by atoms with van der Waals surface area (Å²) in [6, 6.07) is 2.19. The molecule has 1 aromatic heterocycles. The number of carbonyl (C=O) groups is 1. The smallest absolute Gasteiger partial charge is 0.318 e. The molecule has 0 unspecified atom stereocenters. The highest BCUT2D eigenvalue weighted by Gasteiger charge is 2.39. The molecule has 5 nitrogen and oxygen atoms in total. The zero-order valence-electron chi connectivity index (χ0n) is 13.4. The maximum absolute atomic E-state index is 12.5. The number of hydrogen-bond donors (Lipinski definition) is 2. The van der Waals surface area contributed by atoms with E-state index in [4.69, 9.17) is 0 Å². The van der Waals surface area contributed by atoms with E-state index in [1.165, 1.54) is 32.1 Å². The molecular weight excluding hydrogens is 278 g/mol. The van der Waals surface area contributed by atoms with Crippen LogP contribution in [-0.2, 0) is 13.6 Å². The van der Waals surface area contributed by atoms with Crippen LogP contribution in [0.2, 0.25) is 0 Å². The van der Waals surface area contributed by atoms with E-state index in [0.29, 0.717) is 19.0 Å². The van der Waals surface area contributed by atoms with Gasteiger partial charge in [0.15, 0.2) is 0 Å². The van der Waals surface area contributed by atoms with Gasteiger partial charge in [-0.1, -0.05) is 19.3 Å². The first-order valence-electron chi connectivity index (χ1n) is 8.47. The van der Waals surface area contributed by atoms with Gasteiger partial charge in [0, 0.05) is 38.6 Å². The highest BCUT2D eigenvalue weighted by Crippen LogP contribution is 2.34. The van der Waals surface area contributed by atoms with Crippen molar-refractivity contribution < 1.29 is 9.90 Å². The van der Waals surface area contributed by atoms with E-state index in [9.17, 15) is 9.90 Å². The van der Waals surface area contributed by atoms with E-state index in [0.717, 1.165) is 12.0 Å². The summed E-state index contributed by atoms with van der Waals surface area (Å²) in [7, 11) is 1.97. The second-order valence-electron chi connectivity index (χ2n) is 6.85. The number of rotatable bonds is 3. The first-order valence-corrected chi connectivity index (χ1v) is 8.47. The van der Waals surface area contributed by atoms with Gasteiger partial charge in [-0.25, -0.2) is 4.79 Å². The van der Waals surface area contributed by atoms with E-state index in [1.807, 2.05) is 35.0 Å². The van der Waals surface area contributed by atoms with Gasteiger partial charge in [0.05, 0.1) is 6.10 Å². The minimum Gasteiger partial charge on any atom is -0.391 e. The molecule has 2 heterocycles. The van der Waals surface area contributed by atoms with Gasteiger partial charge in [0.1, 0.15) is 0 Å². The van der Waals surface area contributed by atoms with Crippen molar-refractivity contribution in [2.45, 2.75) is 57.2 Å². The summed E-state index contributed by atoms with van der Waals surface area (Å²) in [6.07, 6.45) is 10.6. The molecule has 5 heteroatoms. The van der Waals surface area contributed by atoms with Crippen molar-refractivity contribution in [1.29, 1.82) is 0 Å². The number of hydrogen-bond acceptors (Lipinski definition) is 2. The minimum absolute atomic E-state index is 0.0315. The number of likely N-dealkylation sites (tertiary alicyclic amines) is 1. The molecule has 3 rings (SSSR count). The number of aryl methyl sites for hydroxylation is 1. The standard InChI is InChI=1S/C17H27N3O2/c1-19-8-7-13(11-19)10-18-17(22)20-12-15(21)9-16(20)14-5-3-2-4-6-14/h7-8,11,14-16,21H,2-6,9-10,12H2,1H3,(H,18,22)/t15-,16+/m1/s1. The Balaban J connectivity index is 1.59. The van der Waals surface area contributed by atoms with Crippen molar-refractivity contribution >= 4 is 6.03 Å². The van der Waals surface area contributed by atoms with Crippen molar-refractivity contribution in [3.05, 3.63) is 24.0 Å². The molecule has 0 bridgehead atoms. The van der Waals surface area contributed by atoms with Crippen LogP contribution in [0.4, 0.5) is 4.79 Å². The number of urea groups is 1. The summed E-state index contributed by atoms with van der Waals surface area (Å²) in [5, 5.41) is 13.0. The zero-order chi connectivity index (χ0) is 15.5. The van der Waals surface area contributed by atoms with E-state index >= 15 is 0 Å². The Morgan fingerprint density at radius 1 is 1.36 bits per heavy atom. The quantitative estimate of drug-likeness (QED) is 0.900. The molecule has 2 atom stereocenters. The maximum Gasteiger partial charge on any atom is 0.318 e. The minimum atomic E-state index is -0.366. The molecule has 0 aromatic carbocycles. The molecule has 1 saturated carbocycles. The Hall–Kier alpha value is -1.49. The molecule has 22 heavy (non-hydrogen) atoms. The molecule has 0 spiro atoms. The lowest BCUT2D eigenvalue weighted by Gasteiger charge is -2.33. The Kier molecular flexibility index (Phi) is 4.71. The van der Waals surface area contributed by atoms with E-state index < -0.39 is 0 Å². The van der Waals surface area contributed by atoms with Crippen molar-refractivity contribution in [3.63, 3.8) is 0 Å². The van der Waals surface area contributed by atoms with Crippen molar-refractivity contribution in [2.75, 3.05) is 6.54 Å². The van der Waals surface area contributed by atoms with Crippen LogP contribution >= 0.6 is 0 Å². The van der Waals surface area contributed by atoms with Gasteiger partial charge in [-0.05, 0) is 36.8 Å². The Bertz CT molecular complexity index is 508. The fourth-order valence-corrected chi connectivity index (χ4v) is 3.99. The first kappa shape index (κ1) is 15.4. The summed E-state index contributed by atoms with van der Waals surface area (Å²) in [6.45, 7) is 1.02. The number of aliphatic hydroxyl groups excluding tert-OH is 1. The van der Waals surface area contributed by atoms with Crippen LogP contribution < -0.4 is 5.32 Å². The summed E-state index contributed by atoms with van der Waals surface area (Å²) >= 11 is 0. The lowest BCUT2D eigenvalue weighted by molar-refractivity contribution is 0.153. The molecule has 1 saturated heterocycles. The lowest BCUT2D eigenvalue weighted by atomic mass is 9.83. The maximum atomic E-state index is 12.5. The van der Waals surface area contributed by atoms with Crippen LogP contribution in [0.25, 0.3) is 0 Å². The molecule has 1 aromatic rings. The topological polar surface area (TPSA) is 57.5 Å². The van der Waals surface area contributed by atoms with Gasteiger partial charge in [-0.2, -0.15) is 0 Å². The number of aromatic nitrogens is 1. The average molecular weight is 305 g/mol. The van der Waals surface area contributed by atoms with Crippen molar-refractivity contribution in [2.24, 2.45) is 13.0 Å². The second kappa shape index (κ2) is 6.73. The van der Waals surface area contributed by atoms with Crippen molar-refractivity contribution in [1.82, 2.24) is 14.8 Å². The lowest BCUT2D eigenvalue weighted by Crippen LogP contribution is -2.46. The number of aliphatic hydroxyl groups is 1. The number of nitrogens with zero attached hydrogens (tertiary/aromatic N) is 2. The summed E-state index contributed by atoms with van der Waals surface area (Å²) < 4.78 is 1.98. The van der Waals surface area contributed by atoms with E-state index in [2.05, 4.69) is 5.32 Å². The fourth-order valence-electron chi connectivity index (χ4n) is 3.99. The molecular formula is C17H27N3O2. The molecule has 2 aliphatic rings. The van der Waals surface area contributed by atoms with Crippen LogP contribution in [0.1, 0.15) is 44.1 Å². The third-order valence-corrected chi connectivity index (χ3v) is 5.11. The van der Waals surface area contributed by atoms with Gasteiger partial charge in [-0.15, -0.1) is 0 Å². The molecule has 2 amide bonds. The van der Waals surface area contributed by atoms with Crippen molar-refractivity contribution in [3.8, 4) is 0 Å². The Morgan fingerprint density at radius 2 is 2.14 bits per heavy atom. The molecule has 1 aliphatic heterocycles. The largest absolute Gasteiger partial charge is 0.391 e. The number of β-amino-alcohol motifs (C(OH)–C–C–N with tert-alkyl or cyclic N) is 1. The SMILES string of the molecule is Cn1ccc(CNC(=O)N2C[C@H](O)C[C@H]2C2CCCCC2)c1. The van der Waals surface area contributed by atoms with Gasteiger partial charge in [0.25, 0.3) is 0 Å². The average Bonchev–Trinajstić information content (AvgIpc) is 3.11. The summed E-state index contributed by atoms with van der Waals surface area (Å²) in [4.78, 5) is 14.4. The molecule has 2 fully saturated rings. The van der Waals surface area contributed by atoms with Crippen LogP contribution in [0, 0.1) is 5.92 Å². The van der Waals surface area contributed by atoms with E-state index in [1.54, 1.807) is 0 Å². The molecule has 2 N–H and O–H groups in total. The third kappa shape index (κ3) is 3.46. The van der Waals surface area contributed by atoms with Gasteiger partial charge < -0.3 is 19.9 Å². The van der Waals surface area contributed by atoms with Crippen LogP contribution in [0.3, 0.4) is 0 Å². The van der Waals surface area contributed by atoms with Gasteiger partial charge in [0.2, 0.25) is 0 Å². The van der Waals surface area contributed by atoms with Crippen LogP contribution in [-0.4, -0.2) is 39.3 Å². The molecule has 122 valence electrons. The van der Waals surface area contributed by atoms with Crippen LogP contribution in [0.5, 0.6) is 0 Å². The zero-order valence-corrected chi connectivity index (χ0v) is 13.4. The predicted molar refractivity (Wildman–Crippen MR) is 85.3 cm³/mol. The normalized spacial score (nSPS) is 26.4. The fraction of sp³-hybridized carbons (Fsp3) is 0.706. The summed E-state index contributed by atoms with van der Waals surface area (Å²) in [5.41, 5.74) is 1.10. The first-order chi connectivity index (χ1) is 10.6. The molecule has 0 radical (unpaired) electrons. The number of amides is 2. The third-order valence-electron chi connectivity index (χ3n) is 5.11. The van der Waals surface area contributed by atoms with Crippen LogP contribution in [0.15, 0.2) is 18.5 Å². The molecule has 1 aliphatic carbocycles. The Labute approximate surface area is 132 Å². The van der Waals surface area contributed by atoms with E-state index in [-0.39, 0.29) is 18.2 Å². The summed E-state index contributed by atoms with van der Waals surface area (Å²) in [5.74, 6) is 0.563.